The summed E-state index contributed by atoms with van der Waals surface area (Å²) in [6.07, 6.45) is -6.56. The van der Waals surface area contributed by atoms with Crippen LogP contribution in [0.2, 0.25) is 0 Å². The van der Waals surface area contributed by atoms with Crippen molar-refractivity contribution in [1.29, 1.82) is 0 Å². The van der Waals surface area contributed by atoms with Crippen LogP contribution in [0.5, 0.6) is 23.0 Å². The number of aliphatic hydroxyl groups excluding tert-OH is 3. The molecule has 0 spiro atoms. The monoisotopic (exact) mass is 450 g/mol. The molecule has 1 fully saturated rings. The maximum absolute atomic E-state index is 13.1. The molecule has 1 aliphatic rings. The van der Waals surface area contributed by atoms with Crippen LogP contribution in [0.4, 0.5) is 0 Å². The minimum atomic E-state index is -1.48. The van der Waals surface area contributed by atoms with Crippen LogP contribution in [0.3, 0.4) is 0 Å². The topological polar surface area (TPSA) is 179 Å². The number of fused-ring (bicyclic) bond motifs is 2. The van der Waals surface area contributed by atoms with E-state index in [4.69, 9.17) is 18.6 Å². The molecule has 0 unspecified atom stereocenters. The van der Waals surface area contributed by atoms with Crippen LogP contribution in [-0.2, 0) is 9.47 Å². The lowest BCUT2D eigenvalue weighted by Crippen LogP contribution is -2.55. The van der Waals surface area contributed by atoms with Crippen molar-refractivity contribution in [2.24, 2.45) is 0 Å². The molecule has 5 atom stereocenters. The van der Waals surface area contributed by atoms with Crippen LogP contribution in [0, 0.1) is 0 Å². The molecular formula is C21H22O11. The van der Waals surface area contributed by atoms with Gasteiger partial charge >= 0.3 is 0 Å². The fourth-order valence-electron chi connectivity index (χ4n) is 4.04. The largest absolute Gasteiger partial charge is 0.506 e. The van der Waals surface area contributed by atoms with Crippen LogP contribution in [0.1, 0.15) is 11.7 Å². The molecule has 0 aliphatic carbocycles. The number of phenolic OH excluding ortho intramolecular Hbond substituents is 3. The number of aromatic hydroxyl groups is 3. The molecule has 1 saturated heterocycles. The van der Waals surface area contributed by atoms with Crippen LogP contribution < -0.4 is 10.2 Å². The number of hydrogen-bond donors (Lipinski definition) is 6. The van der Waals surface area contributed by atoms with E-state index in [1.165, 1.54) is 20.3 Å². The van der Waals surface area contributed by atoms with Crippen molar-refractivity contribution in [2.75, 3.05) is 20.8 Å². The third-order valence-corrected chi connectivity index (χ3v) is 5.68. The zero-order chi connectivity index (χ0) is 23.3. The molecular weight excluding hydrogens is 428 g/mol. The smallest absolute Gasteiger partial charge is 0.204 e. The molecule has 2 heterocycles. The minimum absolute atomic E-state index is 0.0211. The Morgan fingerprint density at radius 2 is 1.69 bits per heavy atom. The van der Waals surface area contributed by atoms with Crippen molar-refractivity contribution in [1.82, 2.24) is 0 Å². The summed E-state index contributed by atoms with van der Waals surface area (Å²) in [7, 11) is 2.56. The highest BCUT2D eigenvalue weighted by atomic mass is 16.6. The number of hydrogen-bond acceptors (Lipinski definition) is 11. The molecule has 172 valence electrons. The molecule has 32 heavy (non-hydrogen) atoms. The maximum Gasteiger partial charge on any atom is 0.204 e. The molecule has 6 N–H and O–H groups in total. The standard InChI is InChI=1S/C21H22O11/c1-29-11-5-12-14(16(25)7-3-8(23)9(24)4-10(7)31-12)18(27)15(11)20-21(30-2)19(28)17(26)13(6-22)32-20/h3-5,13,17,19-24,26-28H,6H2,1-2H3/t13-,17-,19-,20+,21-/m1/s1. The van der Waals surface area contributed by atoms with Gasteiger partial charge in [-0.15, -0.1) is 0 Å². The third-order valence-electron chi connectivity index (χ3n) is 5.68. The summed E-state index contributed by atoms with van der Waals surface area (Å²) in [6, 6.07) is 3.39. The van der Waals surface area contributed by atoms with E-state index in [-0.39, 0.29) is 33.3 Å². The van der Waals surface area contributed by atoms with Crippen molar-refractivity contribution < 1.29 is 49.3 Å². The zero-order valence-corrected chi connectivity index (χ0v) is 17.1. The number of phenols is 3. The second-order valence-corrected chi connectivity index (χ2v) is 7.44. The lowest BCUT2D eigenvalue weighted by Gasteiger charge is -2.42. The second kappa shape index (κ2) is 8.11. The highest BCUT2D eigenvalue weighted by Crippen LogP contribution is 2.46. The van der Waals surface area contributed by atoms with Crippen LogP contribution in [-0.4, -0.2) is 75.9 Å². The van der Waals surface area contributed by atoms with E-state index < -0.39 is 59.8 Å². The number of benzene rings is 2. The van der Waals surface area contributed by atoms with Gasteiger partial charge in [0, 0.05) is 19.2 Å². The number of ether oxygens (including phenoxy) is 3. The summed E-state index contributed by atoms with van der Waals surface area (Å²) in [5, 5.41) is 60.4. The van der Waals surface area contributed by atoms with Gasteiger partial charge < -0.3 is 49.3 Å². The zero-order valence-electron chi connectivity index (χ0n) is 17.1. The number of methoxy groups -OCH3 is 2. The normalized spacial score (nSPS) is 26.0. The molecule has 1 aliphatic heterocycles. The van der Waals surface area contributed by atoms with Gasteiger partial charge in [0.2, 0.25) is 5.43 Å². The predicted octanol–water partition coefficient (Wildman–Crippen LogP) is 0.241. The van der Waals surface area contributed by atoms with E-state index in [0.29, 0.717) is 0 Å². The van der Waals surface area contributed by atoms with Gasteiger partial charge in [-0.25, -0.2) is 0 Å². The second-order valence-electron chi connectivity index (χ2n) is 7.44. The SMILES string of the molecule is COc1cc2oc3cc(O)c(O)cc3c(=O)c2c(O)c1[C@@H]1O[C@H](CO)[C@@H](O)[C@@H](O)[C@H]1OC. The van der Waals surface area contributed by atoms with Gasteiger partial charge in [-0.05, 0) is 6.07 Å². The number of rotatable bonds is 4. The fraction of sp³-hybridized carbons (Fsp3) is 0.381. The van der Waals surface area contributed by atoms with Crippen LogP contribution >= 0.6 is 0 Å². The molecule has 2 aromatic carbocycles. The lowest BCUT2D eigenvalue weighted by molar-refractivity contribution is -0.238. The quantitative estimate of drug-likeness (QED) is 0.237. The van der Waals surface area contributed by atoms with Gasteiger partial charge in [-0.3, -0.25) is 4.79 Å². The molecule has 0 radical (unpaired) electrons. The van der Waals surface area contributed by atoms with Crippen molar-refractivity contribution in [3.63, 3.8) is 0 Å². The first-order valence-electron chi connectivity index (χ1n) is 9.61. The van der Waals surface area contributed by atoms with Gasteiger partial charge in [0.05, 0.1) is 24.7 Å². The molecule has 3 aromatic rings. The molecule has 0 amide bonds. The van der Waals surface area contributed by atoms with E-state index in [1.807, 2.05) is 0 Å². The van der Waals surface area contributed by atoms with E-state index in [9.17, 15) is 35.4 Å². The Hall–Kier alpha value is -3.09. The minimum Gasteiger partial charge on any atom is -0.506 e. The summed E-state index contributed by atoms with van der Waals surface area (Å²) in [5.41, 5.74) is -0.878. The summed E-state index contributed by atoms with van der Waals surface area (Å²) < 4.78 is 22.0. The van der Waals surface area contributed by atoms with Crippen molar-refractivity contribution in [3.8, 4) is 23.0 Å². The van der Waals surface area contributed by atoms with Crippen molar-refractivity contribution in [3.05, 3.63) is 34.0 Å². The van der Waals surface area contributed by atoms with Gasteiger partial charge in [-0.2, -0.15) is 0 Å². The maximum atomic E-state index is 13.1. The van der Waals surface area contributed by atoms with Crippen LogP contribution in [0.25, 0.3) is 21.9 Å². The Balaban J connectivity index is 2.01. The van der Waals surface area contributed by atoms with Crippen LogP contribution in [0.15, 0.2) is 27.4 Å². The average Bonchev–Trinajstić information content (AvgIpc) is 2.76. The highest BCUT2D eigenvalue weighted by Gasteiger charge is 2.47. The lowest BCUT2D eigenvalue weighted by atomic mass is 9.89. The van der Waals surface area contributed by atoms with Crippen molar-refractivity contribution >= 4 is 21.9 Å². The predicted molar refractivity (Wildman–Crippen MR) is 109 cm³/mol. The van der Waals surface area contributed by atoms with Gasteiger partial charge in [0.1, 0.15) is 58.6 Å². The van der Waals surface area contributed by atoms with E-state index in [2.05, 4.69) is 0 Å². The summed E-state index contributed by atoms with van der Waals surface area (Å²) in [5.74, 6) is -1.60. The van der Waals surface area contributed by atoms with Crippen molar-refractivity contribution in [2.45, 2.75) is 30.5 Å². The first-order chi connectivity index (χ1) is 15.2. The molecule has 4 rings (SSSR count). The van der Waals surface area contributed by atoms with E-state index in [0.717, 1.165) is 12.1 Å². The Labute approximate surface area is 180 Å². The Bertz CT molecular complexity index is 1230. The summed E-state index contributed by atoms with van der Waals surface area (Å²) in [4.78, 5) is 13.1. The number of aliphatic hydroxyl groups is 3. The van der Waals surface area contributed by atoms with Gasteiger partial charge in [0.15, 0.2) is 11.5 Å². The first kappa shape index (κ1) is 22.1. The van der Waals surface area contributed by atoms with E-state index >= 15 is 0 Å². The Morgan fingerprint density at radius 3 is 2.31 bits per heavy atom. The molecule has 11 heteroatoms. The molecule has 0 saturated carbocycles. The van der Waals surface area contributed by atoms with Gasteiger partial charge in [0.25, 0.3) is 0 Å². The Kier molecular flexibility index (Phi) is 5.61. The molecule has 0 bridgehead atoms. The molecule has 1 aromatic heterocycles. The highest BCUT2D eigenvalue weighted by molar-refractivity contribution is 5.96. The molecule has 11 nitrogen and oxygen atoms in total. The Morgan fingerprint density at radius 1 is 1.00 bits per heavy atom. The summed E-state index contributed by atoms with van der Waals surface area (Å²) >= 11 is 0. The first-order valence-corrected chi connectivity index (χ1v) is 9.61. The van der Waals surface area contributed by atoms with E-state index in [1.54, 1.807) is 0 Å². The fourth-order valence-corrected chi connectivity index (χ4v) is 4.04. The third kappa shape index (κ3) is 3.22. The summed E-state index contributed by atoms with van der Waals surface area (Å²) in [6.45, 7) is -0.628. The average molecular weight is 450 g/mol. The van der Waals surface area contributed by atoms with Gasteiger partial charge in [-0.1, -0.05) is 0 Å².